The Labute approximate surface area is 147 Å². The van der Waals surface area contributed by atoms with Crippen LogP contribution >= 0.6 is 0 Å². The molecule has 132 valence electrons. The highest BCUT2D eigenvalue weighted by Gasteiger charge is 2.25. The second-order valence-corrected chi connectivity index (χ2v) is 7.09. The molecule has 3 heterocycles. The van der Waals surface area contributed by atoms with E-state index in [1.165, 1.54) is 11.3 Å². The molecule has 0 unspecified atom stereocenters. The van der Waals surface area contributed by atoms with E-state index in [1.54, 1.807) is 29.3 Å². The Balaban J connectivity index is 1.43. The molecule has 1 fully saturated rings. The first-order valence-electron chi connectivity index (χ1n) is 9.02. The van der Waals surface area contributed by atoms with E-state index < -0.39 is 0 Å². The summed E-state index contributed by atoms with van der Waals surface area (Å²) in [5.41, 5.74) is 2.40. The van der Waals surface area contributed by atoms with E-state index in [2.05, 4.69) is 32.3 Å². The summed E-state index contributed by atoms with van der Waals surface area (Å²) in [5.74, 6) is 0.981. The van der Waals surface area contributed by atoms with Crippen molar-refractivity contribution in [1.29, 1.82) is 0 Å². The third kappa shape index (κ3) is 3.42. The summed E-state index contributed by atoms with van der Waals surface area (Å²) in [7, 11) is 2.13. The van der Waals surface area contributed by atoms with E-state index in [0.717, 1.165) is 51.0 Å². The van der Waals surface area contributed by atoms with Crippen LogP contribution in [0.4, 0.5) is 5.82 Å². The Kier molecular flexibility index (Phi) is 4.48. The van der Waals surface area contributed by atoms with Crippen molar-refractivity contribution >= 4 is 5.82 Å². The van der Waals surface area contributed by atoms with Crippen molar-refractivity contribution in [3.8, 4) is 0 Å². The minimum atomic E-state index is -0.00758. The molecule has 25 heavy (non-hydrogen) atoms. The average Bonchev–Trinajstić information content (AvgIpc) is 2.63. The molecule has 2 aliphatic rings. The predicted molar refractivity (Wildman–Crippen MR) is 95.5 cm³/mol. The minimum Gasteiger partial charge on any atom is -0.367 e. The molecule has 7 nitrogen and oxygen atoms in total. The standard InChI is InChI=1S/C18H24N6O/c1-23-10-8-16-15(11-23)18(20-12-19-16)22-13-4-6-14(7-5-13)24-17(25)3-2-9-21-24/h2-3,9,12-14H,4-8,10-11H2,1H3,(H,19,20,22). The molecule has 0 saturated heterocycles. The molecule has 1 N–H and O–H groups in total. The van der Waals surface area contributed by atoms with Gasteiger partial charge < -0.3 is 10.2 Å². The molecule has 0 aromatic carbocycles. The molecular formula is C18H24N6O. The minimum absolute atomic E-state index is 0.00758. The number of hydrogen-bond donors (Lipinski definition) is 1. The molecule has 2 aromatic rings. The summed E-state index contributed by atoms with van der Waals surface area (Å²) < 4.78 is 1.64. The van der Waals surface area contributed by atoms with Gasteiger partial charge in [0.25, 0.3) is 5.56 Å². The van der Waals surface area contributed by atoms with Gasteiger partial charge in [-0.15, -0.1) is 0 Å². The zero-order valence-corrected chi connectivity index (χ0v) is 14.6. The molecule has 0 amide bonds. The van der Waals surface area contributed by atoms with Crippen molar-refractivity contribution in [3.05, 3.63) is 46.3 Å². The summed E-state index contributed by atoms with van der Waals surface area (Å²) in [6.45, 7) is 1.95. The van der Waals surface area contributed by atoms with E-state index in [0.29, 0.717) is 6.04 Å². The number of hydrogen-bond acceptors (Lipinski definition) is 6. The quantitative estimate of drug-likeness (QED) is 0.915. The Bertz CT molecular complexity index is 796. The van der Waals surface area contributed by atoms with E-state index >= 15 is 0 Å². The average molecular weight is 340 g/mol. The normalized spacial score (nSPS) is 23.9. The van der Waals surface area contributed by atoms with Crippen LogP contribution in [0.25, 0.3) is 0 Å². The highest BCUT2D eigenvalue weighted by molar-refractivity contribution is 5.47. The van der Waals surface area contributed by atoms with Crippen LogP contribution in [-0.4, -0.2) is 44.3 Å². The van der Waals surface area contributed by atoms with Crippen LogP contribution in [0.1, 0.15) is 43.0 Å². The Morgan fingerprint density at radius 1 is 1.20 bits per heavy atom. The van der Waals surface area contributed by atoms with Gasteiger partial charge in [0.05, 0.1) is 11.7 Å². The Morgan fingerprint density at radius 2 is 2.04 bits per heavy atom. The molecule has 7 heteroatoms. The maximum Gasteiger partial charge on any atom is 0.266 e. The highest BCUT2D eigenvalue weighted by Crippen LogP contribution is 2.30. The SMILES string of the molecule is CN1CCc2ncnc(NC3CCC(n4ncccc4=O)CC3)c2C1. The summed E-state index contributed by atoms with van der Waals surface area (Å²) in [4.78, 5) is 23.2. The number of nitrogens with zero attached hydrogens (tertiary/aromatic N) is 5. The number of rotatable bonds is 3. The van der Waals surface area contributed by atoms with Crippen LogP contribution in [0, 0.1) is 0 Å². The highest BCUT2D eigenvalue weighted by atomic mass is 16.1. The monoisotopic (exact) mass is 340 g/mol. The molecule has 0 radical (unpaired) electrons. The maximum absolute atomic E-state index is 11.9. The lowest BCUT2D eigenvalue weighted by molar-refractivity contribution is 0.300. The predicted octanol–water partition coefficient (Wildman–Crippen LogP) is 1.62. The van der Waals surface area contributed by atoms with Crippen molar-refractivity contribution in [2.75, 3.05) is 18.9 Å². The van der Waals surface area contributed by atoms with E-state index in [-0.39, 0.29) is 11.6 Å². The van der Waals surface area contributed by atoms with Gasteiger partial charge in [0.15, 0.2) is 0 Å². The van der Waals surface area contributed by atoms with Gasteiger partial charge in [0.2, 0.25) is 0 Å². The fourth-order valence-electron chi connectivity index (χ4n) is 3.90. The van der Waals surface area contributed by atoms with Crippen molar-refractivity contribution in [1.82, 2.24) is 24.6 Å². The molecule has 2 aromatic heterocycles. The van der Waals surface area contributed by atoms with Gasteiger partial charge in [-0.1, -0.05) is 0 Å². The molecule has 0 spiro atoms. The van der Waals surface area contributed by atoms with Crippen LogP contribution < -0.4 is 10.9 Å². The molecule has 0 bridgehead atoms. The first-order valence-corrected chi connectivity index (χ1v) is 9.02. The van der Waals surface area contributed by atoms with Crippen molar-refractivity contribution in [3.63, 3.8) is 0 Å². The number of anilines is 1. The lowest BCUT2D eigenvalue weighted by Crippen LogP contribution is -2.34. The van der Waals surface area contributed by atoms with E-state index in [1.807, 2.05) is 0 Å². The lowest BCUT2D eigenvalue weighted by atomic mass is 9.91. The van der Waals surface area contributed by atoms with Gasteiger partial charge in [-0.3, -0.25) is 4.79 Å². The van der Waals surface area contributed by atoms with Gasteiger partial charge in [-0.25, -0.2) is 14.6 Å². The van der Waals surface area contributed by atoms with Crippen molar-refractivity contribution < 1.29 is 0 Å². The number of aromatic nitrogens is 4. The third-order valence-corrected chi connectivity index (χ3v) is 5.32. The number of fused-ring (bicyclic) bond motifs is 1. The van der Waals surface area contributed by atoms with Crippen molar-refractivity contribution in [2.45, 2.75) is 50.7 Å². The third-order valence-electron chi connectivity index (χ3n) is 5.32. The molecule has 1 aliphatic heterocycles. The number of likely N-dealkylation sites (N-methyl/N-ethyl adjacent to an activating group) is 1. The first kappa shape index (κ1) is 16.2. The fraction of sp³-hybridized carbons (Fsp3) is 0.556. The summed E-state index contributed by atoms with van der Waals surface area (Å²) in [6, 6.07) is 3.88. The van der Waals surface area contributed by atoms with Crippen LogP contribution in [0.15, 0.2) is 29.5 Å². The van der Waals surface area contributed by atoms with Crippen LogP contribution in [-0.2, 0) is 13.0 Å². The molecule has 1 aliphatic carbocycles. The Hall–Kier alpha value is -2.28. The smallest absolute Gasteiger partial charge is 0.266 e. The van der Waals surface area contributed by atoms with Gasteiger partial charge in [0, 0.05) is 43.4 Å². The fourth-order valence-corrected chi connectivity index (χ4v) is 3.90. The molecule has 4 rings (SSSR count). The Morgan fingerprint density at radius 3 is 2.84 bits per heavy atom. The van der Waals surface area contributed by atoms with Gasteiger partial charge in [-0.05, 0) is 38.8 Å². The summed E-state index contributed by atoms with van der Waals surface area (Å²) in [5, 5.41) is 7.87. The molecular weight excluding hydrogens is 316 g/mol. The zero-order valence-electron chi connectivity index (χ0n) is 14.6. The van der Waals surface area contributed by atoms with Crippen LogP contribution in [0.2, 0.25) is 0 Å². The van der Waals surface area contributed by atoms with Crippen LogP contribution in [0.3, 0.4) is 0 Å². The second-order valence-electron chi connectivity index (χ2n) is 7.09. The maximum atomic E-state index is 11.9. The van der Waals surface area contributed by atoms with E-state index in [4.69, 9.17) is 0 Å². The topological polar surface area (TPSA) is 75.9 Å². The number of nitrogens with one attached hydrogen (secondary N) is 1. The molecule has 1 saturated carbocycles. The summed E-state index contributed by atoms with van der Waals surface area (Å²) in [6.07, 6.45) is 8.30. The van der Waals surface area contributed by atoms with Gasteiger partial charge >= 0.3 is 0 Å². The van der Waals surface area contributed by atoms with Gasteiger partial charge in [-0.2, -0.15) is 5.10 Å². The largest absolute Gasteiger partial charge is 0.367 e. The van der Waals surface area contributed by atoms with Gasteiger partial charge in [0.1, 0.15) is 12.1 Å². The second kappa shape index (κ2) is 6.92. The van der Waals surface area contributed by atoms with Crippen LogP contribution in [0.5, 0.6) is 0 Å². The van der Waals surface area contributed by atoms with E-state index in [9.17, 15) is 4.79 Å². The van der Waals surface area contributed by atoms with Crippen molar-refractivity contribution in [2.24, 2.45) is 0 Å². The zero-order chi connectivity index (χ0) is 17.2. The first-order chi connectivity index (χ1) is 12.2. The summed E-state index contributed by atoms with van der Waals surface area (Å²) >= 11 is 0. The lowest BCUT2D eigenvalue weighted by Gasteiger charge is -2.31. The molecule has 0 atom stereocenters.